The van der Waals surface area contributed by atoms with Gasteiger partial charge in [-0.3, -0.25) is 4.90 Å². The molecule has 4 saturated carbocycles. The third-order valence-electron chi connectivity index (χ3n) is 13.2. The molecule has 194 valence electrons. The summed E-state index contributed by atoms with van der Waals surface area (Å²) in [5.74, 6) is 2.97. The van der Waals surface area contributed by atoms with E-state index in [0.717, 1.165) is 22.7 Å². The van der Waals surface area contributed by atoms with Crippen molar-refractivity contribution in [2.24, 2.45) is 34.5 Å². The van der Waals surface area contributed by atoms with E-state index < -0.39 is 0 Å². The van der Waals surface area contributed by atoms with E-state index in [4.69, 9.17) is 0 Å². The predicted octanol–water partition coefficient (Wildman–Crippen LogP) is 4.82. The number of likely N-dealkylation sites (tertiary alicyclic amines) is 2. The van der Waals surface area contributed by atoms with Gasteiger partial charge in [-0.1, -0.05) is 20.3 Å². The van der Waals surface area contributed by atoms with Gasteiger partial charge in [-0.05, 0) is 113 Å². The number of quaternary nitrogens is 1. The molecule has 10 atom stereocenters. The Bertz CT molecular complexity index is 746. The summed E-state index contributed by atoms with van der Waals surface area (Å²) in [6.07, 6.45) is 16.5. The first kappa shape index (κ1) is 24.2. The molecule has 2 saturated heterocycles. The van der Waals surface area contributed by atoms with Gasteiger partial charge in [0.15, 0.2) is 0 Å². The van der Waals surface area contributed by atoms with Gasteiger partial charge in [0.25, 0.3) is 0 Å². The molecule has 5 unspecified atom stereocenters. The quantitative estimate of drug-likeness (QED) is 0.565. The van der Waals surface area contributed by atoms with Gasteiger partial charge in [0.2, 0.25) is 0 Å². The third-order valence-corrected chi connectivity index (χ3v) is 13.2. The van der Waals surface area contributed by atoms with Crippen LogP contribution in [-0.2, 0) is 0 Å². The molecular formula is C30H53N2O2+. The largest absolute Gasteiger partial charge is 0.391 e. The van der Waals surface area contributed by atoms with Gasteiger partial charge in [0.05, 0.1) is 26.2 Å². The maximum atomic E-state index is 11.8. The molecule has 0 aromatic rings. The molecule has 2 N–H and O–H groups in total. The molecule has 4 nitrogen and oxygen atoms in total. The number of piperidine rings is 2. The van der Waals surface area contributed by atoms with E-state index in [0.29, 0.717) is 29.3 Å². The average molecular weight is 474 g/mol. The van der Waals surface area contributed by atoms with Crippen molar-refractivity contribution >= 4 is 0 Å². The molecule has 6 aliphatic rings. The summed E-state index contributed by atoms with van der Waals surface area (Å²) in [4.78, 5) is 2.67. The molecule has 2 aliphatic heterocycles. The van der Waals surface area contributed by atoms with Crippen LogP contribution in [0.1, 0.15) is 97.3 Å². The van der Waals surface area contributed by atoms with Crippen LogP contribution >= 0.6 is 0 Å². The molecule has 4 aliphatic carbocycles. The highest BCUT2D eigenvalue weighted by Gasteiger charge is 2.65. The van der Waals surface area contributed by atoms with Gasteiger partial charge in [-0.15, -0.1) is 0 Å². The molecule has 0 bridgehead atoms. The SMILES string of the molecule is C[C@]12CC(N3CCCCC3)C(O)CC1CC[C@@H]1[C@H]2CC[C@]2(C)C(O)C([N+]3(C)CCCCC3)C[C@@H]12. The number of aliphatic hydroxyl groups is 2. The van der Waals surface area contributed by atoms with Crippen LogP contribution in [0.3, 0.4) is 0 Å². The van der Waals surface area contributed by atoms with E-state index in [1.54, 1.807) is 0 Å². The smallest absolute Gasteiger partial charge is 0.116 e. The molecule has 0 radical (unpaired) electrons. The maximum Gasteiger partial charge on any atom is 0.116 e. The second-order valence-corrected chi connectivity index (χ2v) is 14.6. The van der Waals surface area contributed by atoms with E-state index in [1.165, 1.54) is 103 Å². The number of fused-ring (bicyclic) bond motifs is 5. The van der Waals surface area contributed by atoms with Crippen molar-refractivity contribution in [2.45, 2.75) is 122 Å². The number of nitrogens with zero attached hydrogens (tertiary/aromatic N) is 2. The Kier molecular flexibility index (Phi) is 6.19. The number of rotatable bonds is 2. The Morgan fingerprint density at radius 2 is 1.50 bits per heavy atom. The molecule has 6 fully saturated rings. The zero-order valence-electron chi connectivity index (χ0n) is 22.4. The fraction of sp³-hybridized carbons (Fsp3) is 1.00. The van der Waals surface area contributed by atoms with Gasteiger partial charge >= 0.3 is 0 Å². The van der Waals surface area contributed by atoms with Crippen molar-refractivity contribution in [2.75, 3.05) is 33.2 Å². The minimum atomic E-state index is -0.124. The van der Waals surface area contributed by atoms with E-state index in [-0.39, 0.29) is 17.6 Å². The highest BCUT2D eigenvalue weighted by Crippen LogP contribution is 2.67. The first-order valence-electron chi connectivity index (χ1n) is 15.2. The fourth-order valence-corrected chi connectivity index (χ4v) is 11.0. The summed E-state index contributed by atoms with van der Waals surface area (Å²) in [6, 6.07) is 0.835. The normalized spacial score (nSPS) is 53.6. The average Bonchev–Trinajstić information content (AvgIpc) is 3.12. The molecule has 0 aromatic heterocycles. The topological polar surface area (TPSA) is 43.7 Å². The molecule has 2 heterocycles. The van der Waals surface area contributed by atoms with Crippen LogP contribution < -0.4 is 0 Å². The van der Waals surface area contributed by atoms with Crippen LogP contribution in [-0.4, -0.2) is 77.1 Å². The van der Waals surface area contributed by atoms with Gasteiger partial charge in [0.1, 0.15) is 12.1 Å². The Morgan fingerprint density at radius 1 is 0.794 bits per heavy atom. The van der Waals surface area contributed by atoms with Crippen LogP contribution in [0.2, 0.25) is 0 Å². The van der Waals surface area contributed by atoms with Gasteiger partial charge in [-0.25, -0.2) is 0 Å². The van der Waals surface area contributed by atoms with Crippen molar-refractivity contribution < 1.29 is 14.7 Å². The molecule has 6 rings (SSSR count). The van der Waals surface area contributed by atoms with Crippen LogP contribution in [0.5, 0.6) is 0 Å². The van der Waals surface area contributed by atoms with Crippen LogP contribution in [0.25, 0.3) is 0 Å². The highest BCUT2D eigenvalue weighted by atomic mass is 16.3. The molecule has 0 aromatic carbocycles. The number of aliphatic hydroxyl groups excluding tert-OH is 2. The monoisotopic (exact) mass is 473 g/mol. The zero-order chi connectivity index (χ0) is 23.7. The first-order valence-corrected chi connectivity index (χ1v) is 15.2. The molecule has 0 amide bonds. The lowest BCUT2D eigenvalue weighted by atomic mass is 9.44. The Labute approximate surface area is 209 Å². The predicted molar refractivity (Wildman–Crippen MR) is 137 cm³/mol. The standard InChI is InChI=1S/C30H53N2O2/c1-29-13-12-23-22(24(29)19-26(28(29)34)32(3)16-8-5-9-17-32)11-10-21-18-27(33)25(20-30(21,23)2)31-14-6-4-7-15-31/h21-28,33-34H,4-20H2,1-3H3/q+1/t21?,22-,23-,24+,25?,26?,27?,28?,29+,30+/m1/s1. The number of likely N-dealkylation sites (N-methyl/N-ethyl adjacent to an activating group) is 1. The molecule has 4 heteroatoms. The van der Waals surface area contributed by atoms with E-state index in [2.05, 4.69) is 25.8 Å². The number of hydrogen-bond acceptors (Lipinski definition) is 3. The summed E-state index contributed by atoms with van der Waals surface area (Å²) in [7, 11) is 2.47. The highest BCUT2D eigenvalue weighted by molar-refractivity contribution is 5.13. The Balaban J connectivity index is 1.25. The lowest BCUT2D eigenvalue weighted by Gasteiger charge is -2.62. The van der Waals surface area contributed by atoms with Gasteiger partial charge < -0.3 is 14.7 Å². The second-order valence-electron chi connectivity index (χ2n) is 14.6. The number of hydrogen-bond donors (Lipinski definition) is 2. The van der Waals surface area contributed by atoms with E-state index in [1.807, 2.05) is 0 Å². The first-order chi connectivity index (χ1) is 16.3. The summed E-state index contributed by atoms with van der Waals surface area (Å²) in [5, 5.41) is 23.1. The van der Waals surface area contributed by atoms with Crippen LogP contribution in [0, 0.1) is 34.5 Å². The van der Waals surface area contributed by atoms with E-state index >= 15 is 0 Å². The van der Waals surface area contributed by atoms with Crippen molar-refractivity contribution in [3.8, 4) is 0 Å². The minimum Gasteiger partial charge on any atom is -0.391 e. The second kappa shape index (κ2) is 8.71. The van der Waals surface area contributed by atoms with Crippen LogP contribution in [0.4, 0.5) is 0 Å². The molecule has 34 heavy (non-hydrogen) atoms. The summed E-state index contributed by atoms with van der Waals surface area (Å²) in [6.45, 7) is 10.1. The summed E-state index contributed by atoms with van der Waals surface area (Å²) >= 11 is 0. The fourth-order valence-electron chi connectivity index (χ4n) is 11.0. The minimum absolute atomic E-state index is 0.119. The molecular weight excluding hydrogens is 420 g/mol. The van der Waals surface area contributed by atoms with Crippen molar-refractivity contribution in [3.05, 3.63) is 0 Å². The van der Waals surface area contributed by atoms with E-state index in [9.17, 15) is 10.2 Å². The summed E-state index contributed by atoms with van der Waals surface area (Å²) < 4.78 is 1.13. The lowest BCUT2D eigenvalue weighted by molar-refractivity contribution is -0.940. The zero-order valence-corrected chi connectivity index (χ0v) is 22.4. The summed E-state index contributed by atoms with van der Waals surface area (Å²) in [5.41, 5.74) is 0.492. The maximum absolute atomic E-state index is 11.8. The van der Waals surface area contributed by atoms with Gasteiger partial charge in [-0.2, -0.15) is 0 Å². The van der Waals surface area contributed by atoms with Crippen molar-refractivity contribution in [1.82, 2.24) is 4.90 Å². The van der Waals surface area contributed by atoms with Gasteiger partial charge in [0, 0.05) is 17.9 Å². The lowest BCUT2D eigenvalue weighted by Crippen LogP contribution is -2.60. The third kappa shape index (κ3) is 3.59. The Hall–Kier alpha value is -0.160. The van der Waals surface area contributed by atoms with Crippen LogP contribution in [0.15, 0.2) is 0 Å². The molecule has 0 spiro atoms. The Morgan fingerprint density at radius 3 is 2.24 bits per heavy atom. The van der Waals surface area contributed by atoms with Crippen molar-refractivity contribution in [3.63, 3.8) is 0 Å². The van der Waals surface area contributed by atoms with Crippen molar-refractivity contribution in [1.29, 1.82) is 0 Å².